The number of aryl methyl sites for hydroxylation is 1. The molecule has 1 aliphatic rings. The monoisotopic (exact) mass is 542 g/mol. The predicted molar refractivity (Wildman–Crippen MR) is 152 cm³/mol. The standard InChI is InChI=1S/C28H26N4O4.C2H4O2/c29-9-4-10-32-16-21(20-13-19(7-8-24(20)32)36-17-18-5-2-1-3-6-18)27-28(33)31-23-15-26-25(14-22(23)30-27)34-11-12-35-26;1-2(3)4/h1-3,5-8,13-16H,4,9-12,17,29H2,(H,31,33);1H3,(H,3,4). The number of nitrogens with two attached hydrogens (primary N) is 1. The number of aromatic nitrogens is 3. The van der Waals surface area contributed by atoms with E-state index in [1.54, 1.807) is 6.07 Å². The average Bonchev–Trinajstić information content (AvgIpc) is 3.31. The van der Waals surface area contributed by atoms with Crippen LogP contribution in [0.15, 0.2) is 71.7 Å². The number of ether oxygens (including phenoxy) is 3. The molecule has 2 aromatic heterocycles. The van der Waals surface area contributed by atoms with Gasteiger partial charge < -0.3 is 34.6 Å². The highest BCUT2D eigenvalue weighted by molar-refractivity contribution is 5.97. The van der Waals surface area contributed by atoms with Crippen molar-refractivity contribution in [3.05, 3.63) is 82.8 Å². The Kier molecular flexibility index (Phi) is 7.97. The van der Waals surface area contributed by atoms with E-state index in [1.165, 1.54) is 0 Å². The van der Waals surface area contributed by atoms with Gasteiger partial charge in [-0.1, -0.05) is 30.3 Å². The predicted octanol–water partition coefficient (Wildman–Crippen LogP) is 4.33. The van der Waals surface area contributed by atoms with Crippen molar-refractivity contribution >= 4 is 27.9 Å². The van der Waals surface area contributed by atoms with Crippen molar-refractivity contribution in [2.75, 3.05) is 19.8 Å². The lowest BCUT2D eigenvalue weighted by Crippen LogP contribution is -2.16. The molecule has 4 N–H and O–H groups in total. The molecular weight excluding hydrogens is 512 g/mol. The molecule has 0 saturated heterocycles. The van der Waals surface area contributed by atoms with E-state index < -0.39 is 5.97 Å². The van der Waals surface area contributed by atoms with Crippen LogP contribution in [0.2, 0.25) is 0 Å². The zero-order valence-electron chi connectivity index (χ0n) is 22.1. The summed E-state index contributed by atoms with van der Waals surface area (Å²) in [5.74, 6) is 1.12. The van der Waals surface area contributed by atoms with Crippen LogP contribution in [0.1, 0.15) is 18.9 Å². The normalized spacial score (nSPS) is 12.2. The van der Waals surface area contributed by atoms with Crippen molar-refractivity contribution in [3.8, 4) is 28.5 Å². The van der Waals surface area contributed by atoms with Gasteiger partial charge in [-0.2, -0.15) is 0 Å². The van der Waals surface area contributed by atoms with Gasteiger partial charge in [0.2, 0.25) is 0 Å². The van der Waals surface area contributed by atoms with Crippen molar-refractivity contribution < 1.29 is 24.1 Å². The van der Waals surface area contributed by atoms with Gasteiger partial charge in [0.05, 0.1) is 11.0 Å². The minimum absolute atomic E-state index is 0.271. The second kappa shape index (κ2) is 11.9. The molecule has 40 heavy (non-hydrogen) atoms. The molecule has 0 saturated carbocycles. The van der Waals surface area contributed by atoms with Crippen molar-refractivity contribution in [1.29, 1.82) is 0 Å². The molecule has 0 aliphatic carbocycles. The highest BCUT2D eigenvalue weighted by atomic mass is 16.6. The molecule has 206 valence electrons. The van der Waals surface area contributed by atoms with Crippen molar-refractivity contribution in [2.24, 2.45) is 5.73 Å². The molecule has 3 aromatic carbocycles. The van der Waals surface area contributed by atoms with Gasteiger partial charge in [0.15, 0.2) is 11.5 Å². The molecule has 0 atom stereocenters. The summed E-state index contributed by atoms with van der Waals surface area (Å²) in [7, 11) is 0. The number of aliphatic carboxylic acids is 1. The maximum absolute atomic E-state index is 13.2. The summed E-state index contributed by atoms with van der Waals surface area (Å²) in [5.41, 5.74) is 9.90. The second-order valence-electron chi connectivity index (χ2n) is 9.28. The third kappa shape index (κ3) is 5.92. The minimum atomic E-state index is -0.833. The van der Waals surface area contributed by atoms with Crippen LogP contribution in [0.25, 0.3) is 33.2 Å². The molecule has 1 aliphatic heterocycles. The zero-order valence-corrected chi connectivity index (χ0v) is 22.1. The van der Waals surface area contributed by atoms with Crippen LogP contribution in [0, 0.1) is 0 Å². The molecular formula is C30H30N4O6. The van der Waals surface area contributed by atoms with E-state index in [0.29, 0.717) is 54.6 Å². The Bertz CT molecular complexity index is 1710. The Balaban J connectivity index is 0.000000758. The number of benzene rings is 3. The van der Waals surface area contributed by atoms with Crippen molar-refractivity contribution in [1.82, 2.24) is 14.5 Å². The summed E-state index contributed by atoms with van der Waals surface area (Å²) < 4.78 is 19.6. The summed E-state index contributed by atoms with van der Waals surface area (Å²) in [5, 5.41) is 8.31. The molecule has 5 aromatic rings. The molecule has 0 unspecified atom stereocenters. The van der Waals surface area contributed by atoms with Crippen molar-refractivity contribution in [3.63, 3.8) is 0 Å². The number of aromatic amines is 1. The SMILES string of the molecule is CC(=O)O.NCCCn1cc(-c2nc3cc4c(cc3[nH]c2=O)OCCO4)c2cc(OCc3ccccc3)ccc21. The maximum Gasteiger partial charge on any atom is 0.300 e. The van der Waals surface area contributed by atoms with Gasteiger partial charge in [-0.05, 0) is 36.7 Å². The van der Waals surface area contributed by atoms with E-state index in [4.69, 9.17) is 34.8 Å². The minimum Gasteiger partial charge on any atom is -0.489 e. The highest BCUT2D eigenvalue weighted by Crippen LogP contribution is 2.35. The number of carboxylic acids is 1. The van der Waals surface area contributed by atoms with Crippen LogP contribution in [0.4, 0.5) is 0 Å². The number of fused-ring (bicyclic) bond motifs is 3. The second-order valence-corrected chi connectivity index (χ2v) is 9.28. The average molecular weight is 543 g/mol. The molecule has 0 bridgehead atoms. The zero-order chi connectivity index (χ0) is 28.1. The van der Waals surface area contributed by atoms with Crippen LogP contribution in [0.5, 0.6) is 17.2 Å². The molecule has 10 heteroatoms. The fraction of sp³-hybridized carbons (Fsp3) is 0.233. The number of H-pyrrole nitrogens is 1. The van der Waals surface area contributed by atoms with Crippen molar-refractivity contribution in [2.45, 2.75) is 26.5 Å². The molecule has 0 amide bonds. The van der Waals surface area contributed by atoms with Gasteiger partial charge >= 0.3 is 0 Å². The quantitative estimate of drug-likeness (QED) is 0.276. The van der Waals surface area contributed by atoms with Crippen LogP contribution >= 0.6 is 0 Å². The Labute approximate surface area is 229 Å². The topological polar surface area (TPSA) is 142 Å². The van der Waals surface area contributed by atoms with Gasteiger partial charge in [0.25, 0.3) is 11.5 Å². The third-order valence-corrected chi connectivity index (χ3v) is 6.32. The summed E-state index contributed by atoms with van der Waals surface area (Å²) in [6.45, 7) is 3.81. The Morgan fingerprint density at radius 3 is 2.55 bits per heavy atom. The lowest BCUT2D eigenvalue weighted by Gasteiger charge is -2.18. The lowest BCUT2D eigenvalue weighted by molar-refractivity contribution is -0.134. The van der Waals surface area contributed by atoms with Gasteiger partial charge in [0.1, 0.15) is 31.3 Å². The first-order valence-electron chi connectivity index (χ1n) is 13.0. The third-order valence-electron chi connectivity index (χ3n) is 6.32. The number of hydrogen-bond acceptors (Lipinski definition) is 7. The van der Waals surface area contributed by atoms with E-state index in [2.05, 4.69) is 9.55 Å². The smallest absolute Gasteiger partial charge is 0.300 e. The molecule has 0 radical (unpaired) electrons. The van der Waals surface area contributed by atoms with Crippen LogP contribution in [-0.4, -0.2) is 45.4 Å². The van der Waals surface area contributed by atoms with Gasteiger partial charge in [-0.3, -0.25) is 9.59 Å². The highest BCUT2D eigenvalue weighted by Gasteiger charge is 2.19. The van der Waals surface area contributed by atoms with Crippen LogP contribution in [0.3, 0.4) is 0 Å². The van der Waals surface area contributed by atoms with E-state index in [-0.39, 0.29) is 5.56 Å². The van der Waals surface area contributed by atoms with Crippen LogP contribution in [-0.2, 0) is 17.9 Å². The molecule has 3 heterocycles. The Morgan fingerprint density at radius 2 is 1.82 bits per heavy atom. The summed E-state index contributed by atoms with van der Waals surface area (Å²) in [4.78, 5) is 29.9. The number of nitrogens with one attached hydrogen (secondary N) is 1. The number of rotatable bonds is 7. The summed E-state index contributed by atoms with van der Waals surface area (Å²) in [6.07, 6.45) is 2.79. The van der Waals surface area contributed by atoms with E-state index in [9.17, 15) is 4.79 Å². The number of nitrogens with zero attached hydrogens (tertiary/aromatic N) is 2. The number of hydrogen-bond donors (Lipinski definition) is 3. The van der Waals surface area contributed by atoms with Gasteiger partial charge in [-0.25, -0.2) is 4.98 Å². The first-order chi connectivity index (χ1) is 19.4. The largest absolute Gasteiger partial charge is 0.489 e. The molecule has 0 fully saturated rings. The summed E-state index contributed by atoms with van der Waals surface area (Å²) >= 11 is 0. The summed E-state index contributed by atoms with van der Waals surface area (Å²) in [6, 6.07) is 19.5. The van der Waals surface area contributed by atoms with E-state index in [0.717, 1.165) is 47.7 Å². The molecule has 10 nitrogen and oxygen atoms in total. The number of carboxylic acid groups (broad SMARTS) is 1. The van der Waals surface area contributed by atoms with Gasteiger partial charge in [0, 0.05) is 48.3 Å². The van der Waals surface area contributed by atoms with E-state index >= 15 is 0 Å². The number of carbonyl (C=O) groups is 1. The Hall–Kier alpha value is -4.83. The molecule has 6 rings (SSSR count). The van der Waals surface area contributed by atoms with E-state index in [1.807, 2.05) is 60.8 Å². The lowest BCUT2D eigenvalue weighted by atomic mass is 10.1. The first kappa shape index (κ1) is 26.8. The van der Waals surface area contributed by atoms with Gasteiger partial charge in [-0.15, -0.1) is 0 Å². The first-order valence-corrected chi connectivity index (χ1v) is 13.0. The fourth-order valence-electron chi connectivity index (χ4n) is 4.55. The Morgan fingerprint density at radius 1 is 1.10 bits per heavy atom. The fourth-order valence-corrected chi connectivity index (χ4v) is 4.55. The molecule has 0 spiro atoms. The van der Waals surface area contributed by atoms with Crippen LogP contribution < -0.4 is 25.5 Å². The maximum atomic E-state index is 13.2.